The summed E-state index contributed by atoms with van der Waals surface area (Å²) in [6, 6.07) is 17.1. The van der Waals surface area contributed by atoms with Crippen molar-refractivity contribution in [1.82, 2.24) is 14.7 Å². The van der Waals surface area contributed by atoms with Gasteiger partial charge in [-0.1, -0.05) is 41.9 Å². The molecular weight excluding hydrogens is 400 g/mol. The van der Waals surface area contributed by atoms with Gasteiger partial charge in [-0.25, -0.2) is 4.68 Å². The molecule has 0 atom stereocenters. The molecule has 1 aromatic heterocycles. The highest BCUT2D eigenvalue weighted by Crippen LogP contribution is 2.29. The van der Waals surface area contributed by atoms with Gasteiger partial charge in [0, 0.05) is 24.6 Å². The first-order valence-electron chi connectivity index (χ1n) is 9.94. The van der Waals surface area contributed by atoms with Gasteiger partial charge in [0.05, 0.1) is 16.4 Å². The highest BCUT2D eigenvalue weighted by atomic mass is 35.5. The molecule has 1 fully saturated rings. The molecule has 1 saturated heterocycles. The first kappa shape index (κ1) is 20.2. The Morgan fingerprint density at radius 2 is 1.80 bits per heavy atom. The predicted octanol–water partition coefficient (Wildman–Crippen LogP) is 3.84. The van der Waals surface area contributed by atoms with Crippen LogP contribution in [0.1, 0.15) is 28.9 Å². The maximum Gasteiger partial charge on any atom is 0.272 e. The third kappa shape index (κ3) is 3.96. The average Bonchev–Trinajstić information content (AvgIpc) is 3.19. The third-order valence-electron chi connectivity index (χ3n) is 5.51. The summed E-state index contributed by atoms with van der Waals surface area (Å²) in [4.78, 5) is 26.6. The quantitative estimate of drug-likeness (QED) is 0.693. The monoisotopic (exact) mass is 422 g/mol. The molecule has 3 aromatic rings. The lowest BCUT2D eigenvalue weighted by atomic mass is 9.96. The van der Waals surface area contributed by atoms with Crippen LogP contribution >= 0.6 is 11.6 Å². The van der Waals surface area contributed by atoms with Gasteiger partial charge in [0.2, 0.25) is 5.91 Å². The molecular formula is C23H23ClN4O2. The number of likely N-dealkylation sites (tertiary alicyclic amines) is 1. The van der Waals surface area contributed by atoms with Gasteiger partial charge in [0.1, 0.15) is 5.69 Å². The topological polar surface area (TPSA) is 81.2 Å². The minimum atomic E-state index is -0.298. The maximum atomic E-state index is 13.4. The SMILES string of the molecule is Cc1cccc(-n2nc(-c3ccccc3Cl)cc2C(=O)N2CCC(C(N)=O)CC2)c1. The molecule has 6 nitrogen and oxygen atoms in total. The first-order chi connectivity index (χ1) is 14.4. The van der Waals surface area contributed by atoms with Gasteiger partial charge in [-0.05, 0) is 49.6 Å². The average molecular weight is 423 g/mol. The third-order valence-corrected chi connectivity index (χ3v) is 5.84. The van der Waals surface area contributed by atoms with E-state index >= 15 is 0 Å². The lowest BCUT2D eigenvalue weighted by Gasteiger charge is -2.30. The second-order valence-electron chi connectivity index (χ2n) is 7.61. The van der Waals surface area contributed by atoms with Crippen LogP contribution in [0.3, 0.4) is 0 Å². The molecule has 0 aliphatic carbocycles. The number of hydrogen-bond donors (Lipinski definition) is 1. The van der Waals surface area contributed by atoms with E-state index in [2.05, 4.69) is 0 Å². The Balaban J connectivity index is 1.73. The second kappa shape index (κ2) is 8.32. The van der Waals surface area contributed by atoms with Crippen molar-refractivity contribution in [3.63, 3.8) is 0 Å². The molecule has 1 aliphatic heterocycles. The van der Waals surface area contributed by atoms with E-state index in [0.29, 0.717) is 42.3 Å². The molecule has 154 valence electrons. The predicted molar refractivity (Wildman–Crippen MR) is 117 cm³/mol. The Hall–Kier alpha value is -3.12. The number of amides is 2. The molecule has 0 bridgehead atoms. The van der Waals surface area contributed by atoms with E-state index in [9.17, 15) is 9.59 Å². The summed E-state index contributed by atoms with van der Waals surface area (Å²) < 4.78 is 1.67. The summed E-state index contributed by atoms with van der Waals surface area (Å²) in [7, 11) is 0. The number of aromatic nitrogens is 2. The van der Waals surface area contributed by atoms with Crippen LogP contribution in [0, 0.1) is 12.8 Å². The zero-order valence-corrected chi connectivity index (χ0v) is 17.5. The Labute approximate surface area is 180 Å². The Morgan fingerprint density at radius 1 is 1.07 bits per heavy atom. The van der Waals surface area contributed by atoms with Crippen molar-refractivity contribution in [3.05, 3.63) is 70.9 Å². The van der Waals surface area contributed by atoms with E-state index in [0.717, 1.165) is 16.8 Å². The molecule has 0 spiro atoms. The Kier molecular flexibility index (Phi) is 5.59. The van der Waals surface area contributed by atoms with Crippen molar-refractivity contribution in [2.24, 2.45) is 11.7 Å². The number of piperidine rings is 1. The van der Waals surface area contributed by atoms with Gasteiger partial charge >= 0.3 is 0 Å². The van der Waals surface area contributed by atoms with Crippen LogP contribution in [-0.2, 0) is 4.79 Å². The fourth-order valence-corrected chi connectivity index (χ4v) is 4.05. The number of carbonyl (C=O) groups is 2. The van der Waals surface area contributed by atoms with Crippen molar-refractivity contribution in [1.29, 1.82) is 0 Å². The largest absolute Gasteiger partial charge is 0.369 e. The van der Waals surface area contributed by atoms with Crippen LogP contribution in [0.4, 0.5) is 0 Å². The van der Waals surface area contributed by atoms with Crippen LogP contribution in [-0.4, -0.2) is 39.6 Å². The number of nitrogens with zero attached hydrogens (tertiary/aromatic N) is 3. The molecule has 0 radical (unpaired) electrons. The second-order valence-corrected chi connectivity index (χ2v) is 8.02. The van der Waals surface area contributed by atoms with Crippen LogP contribution in [0.5, 0.6) is 0 Å². The molecule has 2 aromatic carbocycles. The summed E-state index contributed by atoms with van der Waals surface area (Å²) in [5, 5.41) is 5.30. The number of halogens is 1. The molecule has 4 rings (SSSR count). The standard InChI is InChI=1S/C23H23ClN4O2/c1-15-5-4-6-17(13-15)28-21(14-20(26-28)18-7-2-3-8-19(18)24)23(30)27-11-9-16(10-12-27)22(25)29/h2-8,13-14,16H,9-12H2,1H3,(H2,25,29). The number of benzene rings is 2. The van der Waals surface area contributed by atoms with Gasteiger partial charge in [0.15, 0.2) is 0 Å². The summed E-state index contributed by atoms with van der Waals surface area (Å²) >= 11 is 6.38. The van der Waals surface area contributed by atoms with Crippen molar-refractivity contribution in [2.45, 2.75) is 19.8 Å². The van der Waals surface area contributed by atoms with E-state index in [4.69, 9.17) is 22.4 Å². The minimum absolute atomic E-state index is 0.120. The summed E-state index contributed by atoms with van der Waals surface area (Å²) in [6.07, 6.45) is 1.16. The summed E-state index contributed by atoms with van der Waals surface area (Å²) in [5.74, 6) is -0.590. The molecule has 7 heteroatoms. The van der Waals surface area contributed by atoms with Gasteiger partial charge in [-0.2, -0.15) is 5.10 Å². The van der Waals surface area contributed by atoms with Gasteiger partial charge in [0.25, 0.3) is 5.91 Å². The smallest absolute Gasteiger partial charge is 0.272 e. The number of primary amides is 1. The van der Waals surface area contributed by atoms with Crippen molar-refractivity contribution >= 4 is 23.4 Å². The van der Waals surface area contributed by atoms with Crippen molar-refractivity contribution < 1.29 is 9.59 Å². The minimum Gasteiger partial charge on any atom is -0.369 e. The van der Waals surface area contributed by atoms with Gasteiger partial charge in [-0.15, -0.1) is 0 Å². The molecule has 2 heterocycles. The number of nitrogens with two attached hydrogens (primary N) is 1. The highest BCUT2D eigenvalue weighted by Gasteiger charge is 2.29. The molecule has 2 amide bonds. The lowest BCUT2D eigenvalue weighted by Crippen LogP contribution is -2.42. The summed E-state index contributed by atoms with van der Waals surface area (Å²) in [5.41, 5.74) is 9.18. The molecule has 2 N–H and O–H groups in total. The van der Waals surface area contributed by atoms with E-state index in [1.807, 2.05) is 49.4 Å². The number of hydrogen-bond acceptors (Lipinski definition) is 3. The Bertz CT molecular complexity index is 1100. The Morgan fingerprint density at radius 3 is 2.47 bits per heavy atom. The maximum absolute atomic E-state index is 13.4. The number of carbonyl (C=O) groups excluding carboxylic acids is 2. The van der Waals surface area contributed by atoms with Crippen LogP contribution in [0.15, 0.2) is 54.6 Å². The molecule has 30 heavy (non-hydrogen) atoms. The van der Waals surface area contributed by atoms with Gasteiger partial charge in [-0.3, -0.25) is 9.59 Å². The lowest BCUT2D eigenvalue weighted by molar-refractivity contribution is -0.123. The van der Waals surface area contributed by atoms with E-state index in [1.54, 1.807) is 21.7 Å². The van der Waals surface area contributed by atoms with Crippen molar-refractivity contribution in [2.75, 3.05) is 13.1 Å². The number of rotatable bonds is 4. The highest BCUT2D eigenvalue weighted by molar-refractivity contribution is 6.33. The summed E-state index contributed by atoms with van der Waals surface area (Å²) in [6.45, 7) is 2.98. The molecule has 0 unspecified atom stereocenters. The zero-order chi connectivity index (χ0) is 21.3. The fourth-order valence-electron chi connectivity index (χ4n) is 3.82. The van der Waals surface area contributed by atoms with Crippen LogP contribution < -0.4 is 5.73 Å². The molecule has 0 saturated carbocycles. The van der Waals surface area contributed by atoms with Crippen LogP contribution in [0.25, 0.3) is 16.9 Å². The molecule has 1 aliphatic rings. The van der Waals surface area contributed by atoms with Crippen molar-refractivity contribution in [3.8, 4) is 16.9 Å². The fraction of sp³-hybridized carbons (Fsp3) is 0.261. The van der Waals surface area contributed by atoms with E-state index in [1.165, 1.54) is 0 Å². The van der Waals surface area contributed by atoms with Crippen LogP contribution in [0.2, 0.25) is 5.02 Å². The van der Waals surface area contributed by atoms with E-state index in [-0.39, 0.29) is 17.7 Å². The van der Waals surface area contributed by atoms with E-state index < -0.39 is 0 Å². The van der Waals surface area contributed by atoms with Gasteiger partial charge < -0.3 is 10.6 Å². The normalized spacial score (nSPS) is 14.7. The zero-order valence-electron chi connectivity index (χ0n) is 16.7. The number of aryl methyl sites for hydroxylation is 1. The first-order valence-corrected chi connectivity index (χ1v) is 10.3.